The minimum atomic E-state index is -0.506. The number of carbonyl (C=O) groups is 1. The topological polar surface area (TPSA) is 93.2 Å². The third-order valence-electron chi connectivity index (χ3n) is 4.48. The van der Waals surface area contributed by atoms with E-state index >= 15 is 0 Å². The number of rotatable bonds is 8. The van der Waals surface area contributed by atoms with Crippen LogP contribution < -0.4 is 20.7 Å². The molecule has 8 nitrogen and oxygen atoms in total. The predicted octanol–water partition coefficient (Wildman–Crippen LogP) is 2.60. The number of aryl methyl sites for hydroxylation is 1. The fraction of sp³-hybridized carbons (Fsp3) is 0.636. The monoisotopic (exact) mass is 420 g/mol. The summed E-state index contributed by atoms with van der Waals surface area (Å²) in [5, 5.41) is 9.18. The van der Waals surface area contributed by atoms with Crippen molar-refractivity contribution in [2.24, 2.45) is 10.9 Å². The molecule has 1 aromatic rings. The maximum Gasteiger partial charge on any atom is 0.407 e. The van der Waals surface area contributed by atoms with Gasteiger partial charge in [-0.25, -0.2) is 4.79 Å². The second-order valence-electron chi connectivity index (χ2n) is 8.43. The van der Waals surface area contributed by atoms with Gasteiger partial charge in [0.1, 0.15) is 11.4 Å². The zero-order chi connectivity index (χ0) is 22.0. The highest BCUT2D eigenvalue weighted by atomic mass is 16.6. The summed E-state index contributed by atoms with van der Waals surface area (Å²) < 4.78 is 16.7. The summed E-state index contributed by atoms with van der Waals surface area (Å²) in [6, 6.07) is 6.21. The van der Waals surface area contributed by atoms with Crippen molar-refractivity contribution in [3.8, 4) is 5.75 Å². The fourth-order valence-corrected chi connectivity index (χ4v) is 2.92. The van der Waals surface area contributed by atoms with Crippen LogP contribution in [0.1, 0.15) is 38.3 Å². The van der Waals surface area contributed by atoms with Gasteiger partial charge in [0.05, 0.1) is 13.2 Å². The van der Waals surface area contributed by atoms with E-state index in [1.54, 1.807) is 7.05 Å². The zero-order valence-electron chi connectivity index (χ0n) is 18.8. The van der Waals surface area contributed by atoms with Gasteiger partial charge >= 0.3 is 6.09 Å². The van der Waals surface area contributed by atoms with Crippen molar-refractivity contribution >= 4 is 12.1 Å². The van der Waals surface area contributed by atoms with Crippen molar-refractivity contribution in [2.75, 3.05) is 40.0 Å². The fourth-order valence-electron chi connectivity index (χ4n) is 2.92. The molecule has 1 amide bonds. The Labute approximate surface area is 179 Å². The van der Waals surface area contributed by atoms with E-state index in [1.807, 2.05) is 20.8 Å². The number of amides is 1. The Hall–Kier alpha value is -2.48. The Morgan fingerprint density at radius 3 is 2.67 bits per heavy atom. The molecule has 0 bridgehead atoms. The van der Waals surface area contributed by atoms with Crippen LogP contribution in [0.25, 0.3) is 0 Å². The molecule has 1 fully saturated rings. The zero-order valence-corrected chi connectivity index (χ0v) is 18.8. The number of hydrogen-bond donors (Lipinski definition) is 3. The van der Waals surface area contributed by atoms with Gasteiger partial charge in [0.25, 0.3) is 0 Å². The first-order chi connectivity index (χ1) is 14.3. The first kappa shape index (κ1) is 23.8. The summed E-state index contributed by atoms with van der Waals surface area (Å²) in [4.78, 5) is 15.9. The van der Waals surface area contributed by atoms with Crippen LogP contribution in [0.4, 0.5) is 4.79 Å². The molecule has 0 aliphatic carbocycles. The molecule has 168 valence electrons. The lowest BCUT2D eigenvalue weighted by molar-refractivity contribution is 0.0529. The molecule has 1 saturated heterocycles. The molecule has 1 atom stereocenters. The van der Waals surface area contributed by atoms with E-state index in [9.17, 15) is 4.79 Å². The van der Waals surface area contributed by atoms with E-state index < -0.39 is 11.7 Å². The van der Waals surface area contributed by atoms with E-state index in [-0.39, 0.29) is 0 Å². The normalized spacial score (nSPS) is 16.8. The minimum Gasteiger partial charge on any atom is -0.493 e. The Morgan fingerprint density at radius 2 is 2.00 bits per heavy atom. The van der Waals surface area contributed by atoms with Crippen molar-refractivity contribution in [1.82, 2.24) is 16.0 Å². The van der Waals surface area contributed by atoms with Gasteiger partial charge in [-0.2, -0.15) is 0 Å². The molecular weight excluding hydrogens is 384 g/mol. The quantitative estimate of drug-likeness (QED) is 0.340. The van der Waals surface area contributed by atoms with Gasteiger partial charge in [0.15, 0.2) is 5.96 Å². The van der Waals surface area contributed by atoms with E-state index in [0.29, 0.717) is 38.1 Å². The Bertz CT molecular complexity index is 710. The summed E-state index contributed by atoms with van der Waals surface area (Å²) in [6.45, 7) is 11.4. The van der Waals surface area contributed by atoms with Crippen LogP contribution in [-0.2, 0) is 16.0 Å². The number of alkyl carbamates (subject to hydrolysis) is 1. The van der Waals surface area contributed by atoms with E-state index in [4.69, 9.17) is 14.2 Å². The van der Waals surface area contributed by atoms with Gasteiger partial charge in [-0.1, -0.05) is 12.1 Å². The van der Waals surface area contributed by atoms with Crippen molar-refractivity contribution in [3.63, 3.8) is 0 Å². The van der Waals surface area contributed by atoms with Crippen LogP contribution in [0.15, 0.2) is 23.2 Å². The molecule has 1 heterocycles. The van der Waals surface area contributed by atoms with Gasteiger partial charge in [0, 0.05) is 44.8 Å². The van der Waals surface area contributed by atoms with E-state index in [0.717, 1.165) is 36.5 Å². The molecular formula is C22H36N4O4. The highest BCUT2D eigenvalue weighted by Crippen LogP contribution is 2.22. The number of ether oxygens (including phenoxy) is 3. The van der Waals surface area contributed by atoms with E-state index in [1.165, 1.54) is 0 Å². The summed E-state index contributed by atoms with van der Waals surface area (Å²) in [5.41, 5.74) is 1.72. The molecule has 0 saturated carbocycles. The van der Waals surface area contributed by atoms with Gasteiger partial charge in [-0.3, -0.25) is 4.99 Å². The van der Waals surface area contributed by atoms with Gasteiger partial charge in [-0.15, -0.1) is 0 Å². The van der Waals surface area contributed by atoms with Crippen LogP contribution in [0.5, 0.6) is 5.75 Å². The number of benzene rings is 1. The summed E-state index contributed by atoms with van der Waals surface area (Å²) in [5.74, 6) is 1.99. The maximum atomic E-state index is 11.7. The lowest BCUT2D eigenvalue weighted by Crippen LogP contribution is -2.42. The number of guanidine groups is 1. The van der Waals surface area contributed by atoms with Crippen molar-refractivity contribution in [2.45, 2.75) is 46.3 Å². The molecule has 2 rings (SSSR count). The largest absolute Gasteiger partial charge is 0.493 e. The summed E-state index contributed by atoms with van der Waals surface area (Å²) in [7, 11) is 1.71. The number of hydrogen-bond acceptors (Lipinski definition) is 5. The van der Waals surface area contributed by atoms with Crippen LogP contribution in [0.3, 0.4) is 0 Å². The Balaban J connectivity index is 1.77. The Kier molecular flexibility index (Phi) is 9.23. The Morgan fingerprint density at radius 1 is 1.23 bits per heavy atom. The molecule has 30 heavy (non-hydrogen) atoms. The highest BCUT2D eigenvalue weighted by molar-refractivity contribution is 5.79. The van der Waals surface area contributed by atoms with E-state index in [2.05, 4.69) is 46.1 Å². The van der Waals surface area contributed by atoms with Crippen LogP contribution in [0.2, 0.25) is 0 Å². The van der Waals surface area contributed by atoms with Crippen molar-refractivity contribution < 1.29 is 19.0 Å². The SMILES string of the molecule is CN=C(NCCNC(=O)OC(C)(C)C)NCc1ccc(C)cc1OCC1CCOC1. The molecule has 1 unspecified atom stereocenters. The molecule has 8 heteroatoms. The smallest absolute Gasteiger partial charge is 0.407 e. The predicted molar refractivity (Wildman–Crippen MR) is 118 cm³/mol. The molecule has 0 radical (unpaired) electrons. The molecule has 0 spiro atoms. The number of nitrogens with one attached hydrogen (secondary N) is 3. The first-order valence-corrected chi connectivity index (χ1v) is 10.5. The van der Waals surface area contributed by atoms with Gasteiger partial charge < -0.3 is 30.2 Å². The average Bonchev–Trinajstić information content (AvgIpc) is 3.19. The number of carbonyl (C=O) groups excluding carboxylic acids is 1. The van der Waals surface area contributed by atoms with Crippen LogP contribution >= 0.6 is 0 Å². The lowest BCUT2D eigenvalue weighted by atomic mass is 10.1. The number of aliphatic imine (C=N–C) groups is 1. The van der Waals surface area contributed by atoms with Crippen molar-refractivity contribution in [3.05, 3.63) is 29.3 Å². The standard InChI is InChI=1S/C22H36N4O4/c1-16-6-7-18(19(12-16)29-15-17-8-11-28-14-17)13-26-20(23-5)24-9-10-25-21(27)30-22(2,3)4/h6-7,12,17H,8-11,13-15H2,1-5H3,(H,25,27)(H2,23,24,26). The third kappa shape index (κ3) is 8.90. The van der Waals surface area contributed by atoms with Gasteiger partial charge in [0.2, 0.25) is 0 Å². The summed E-state index contributed by atoms with van der Waals surface area (Å²) >= 11 is 0. The molecule has 1 aromatic carbocycles. The molecule has 3 N–H and O–H groups in total. The summed E-state index contributed by atoms with van der Waals surface area (Å²) in [6.07, 6.45) is 0.620. The van der Waals surface area contributed by atoms with Crippen molar-refractivity contribution in [1.29, 1.82) is 0 Å². The lowest BCUT2D eigenvalue weighted by Gasteiger charge is -2.20. The second kappa shape index (κ2) is 11.6. The highest BCUT2D eigenvalue weighted by Gasteiger charge is 2.17. The molecule has 0 aromatic heterocycles. The molecule has 1 aliphatic heterocycles. The van der Waals surface area contributed by atoms with Gasteiger partial charge in [-0.05, 0) is 45.7 Å². The van der Waals surface area contributed by atoms with Crippen LogP contribution in [0, 0.1) is 12.8 Å². The van der Waals surface area contributed by atoms with Crippen LogP contribution in [-0.4, -0.2) is 57.6 Å². The number of nitrogens with zero attached hydrogens (tertiary/aromatic N) is 1. The average molecular weight is 421 g/mol. The first-order valence-electron chi connectivity index (χ1n) is 10.5. The minimum absolute atomic E-state index is 0.429. The third-order valence-corrected chi connectivity index (χ3v) is 4.48. The maximum absolute atomic E-state index is 11.7. The second-order valence-corrected chi connectivity index (χ2v) is 8.43. The molecule has 1 aliphatic rings.